The molecule has 0 aliphatic rings. The number of fused-ring (bicyclic) bond motifs is 1. The minimum atomic E-state index is -0.420. The summed E-state index contributed by atoms with van der Waals surface area (Å²) in [5.41, 5.74) is 0.960. The lowest BCUT2D eigenvalue weighted by Crippen LogP contribution is -2.13. The molecule has 1 N–H and O–H groups in total. The molecule has 8 heteroatoms. The second-order valence-corrected chi connectivity index (χ2v) is 6.37. The van der Waals surface area contributed by atoms with Crippen LogP contribution >= 0.6 is 0 Å². The van der Waals surface area contributed by atoms with Gasteiger partial charge in [0.2, 0.25) is 5.89 Å². The van der Waals surface area contributed by atoms with E-state index in [1.165, 1.54) is 7.11 Å². The number of hydrogen-bond acceptors (Lipinski definition) is 7. The second-order valence-electron chi connectivity index (χ2n) is 6.37. The molecule has 1 amide bonds. The highest BCUT2D eigenvalue weighted by Gasteiger charge is 2.18. The van der Waals surface area contributed by atoms with Crippen LogP contribution in [0.5, 0.6) is 17.2 Å². The molecule has 152 valence electrons. The molecule has 0 atom stereocenters. The number of ether oxygens (including phenoxy) is 3. The molecule has 0 bridgehead atoms. The maximum absolute atomic E-state index is 12.8. The standard InChI is InChI=1S/C22H19N3O5/c1-27-16-8-15(9-17(12-16)28-2)21-24-25-22(30-21)23-20(26)18-10-13-6-4-5-7-14(13)11-19(18)29-3/h4-12H,1-3H3,(H,23,25,26). The third-order valence-corrected chi connectivity index (χ3v) is 4.56. The third-order valence-electron chi connectivity index (χ3n) is 4.56. The maximum atomic E-state index is 12.8. The van der Waals surface area contributed by atoms with Gasteiger partial charge in [0, 0.05) is 11.6 Å². The fourth-order valence-electron chi connectivity index (χ4n) is 3.05. The van der Waals surface area contributed by atoms with Gasteiger partial charge in [-0.25, -0.2) is 0 Å². The van der Waals surface area contributed by atoms with Crippen molar-refractivity contribution in [3.05, 3.63) is 60.2 Å². The van der Waals surface area contributed by atoms with Gasteiger partial charge in [0.25, 0.3) is 5.91 Å². The summed E-state index contributed by atoms with van der Waals surface area (Å²) in [5, 5.41) is 12.4. The molecule has 1 heterocycles. The number of nitrogens with zero attached hydrogens (tertiary/aromatic N) is 2. The summed E-state index contributed by atoms with van der Waals surface area (Å²) >= 11 is 0. The molecule has 0 aliphatic carbocycles. The van der Waals surface area contributed by atoms with Crippen LogP contribution in [0.1, 0.15) is 10.4 Å². The molecule has 0 spiro atoms. The van der Waals surface area contributed by atoms with E-state index in [2.05, 4.69) is 15.5 Å². The first-order chi connectivity index (χ1) is 14.6. The predicted octanol–water partition coefficient (Wildman–Crippen LogP) is 4.17. The minimum absolute atomic E-state index is 0.0352. The minimum Gasteiger partial charge on any atom is -0.497 e. The Bertz CT molecular complexity index is 1200. The summed E-state index contributed by atoms with van der Waals surface area (Å²) in [6.45, 7) is 0. The highest BCUT2D eigenvalue weighted by molar-refractivity contribution is 6.07. The number of nitrogens with one attached hydrogen (secondary N) is 1. The van der Waals surface area contributed by atoms with Gasteiger partial charge in [-0.3, -0.25) is 10.1 Å². The number of anilines is 1. The fraction of sp³-hybridized carbons (Fsp3) is 0.136. The Morgan fingerprint density at radius 3 is 2.17 bits per heavy atom. The summed E-state index contributed by atoms with van der Waals surface area (Å²) in [6.07, 6.45) is 0. The Kier molecular flexibility index (Phi) is 5.21. The first-order valence-corrected chi connectivity index (χ1v) is 9.06. The molecule has 0 radical (unpaired) electrons. The molecule has 3 aromatic carbocycles. The lowest BCUT2D eigenvalue weighted by molar-refractivity contribution is 0.102. The van der Waals surface area contributed by atoms with Crippen LogP contribution in [0.25, 0.3) is 22.2 Å². The maximum Gasteiger partial charge on any atom is 0.322 e. The normalized spacial score (nSPS) is 10.6. The van der Waals surface area contributed by atoms with Gasteiger partial charge in [-0.1, -0.05) is 29.4 Å². The number of carbonyl (C=O) groups excluding carboxylic acids is 1. The number of benzene rings is 3. The molecule has 0 unspecified atom stereocenters. The van der Waals surface area contributed by atoms with Crippen molar-refractivity contribution in [1.29, 1.82) is 0 Å². The highest BCUT2D eigenvalue weighted by Crippen LogP contribution is 2.30. The van der Waals surface area contributed by atoms with Gasteiger partial charge in [0.15, 0.2) is 0 Å². The quantitative estimate of drug-likeness (QED) is 0.514. The molecule has 0 aliphatic heterocycles. The van der Waals surface area contributed by atoms with Crippen molar-refractivity contribution in [2.24, 2.45) is 0 Å². The average Bonchev–Trinajstić information content (AvgIpc) is 3.26. The lowest BCUT2D eigenvalue weighted by Gasteiger charge is -2.09. The van der Waals surface area contributed by atoms with Crippen LogP contribution in [-0.2, 0) is 0 Å². The van der Waals surface area contributed by atoms with Crippen molar-refractivity contribution < 1.29 is 23.4 Å². The SMILES string of the molecule is COc1cc(OC)cc(-c2nnc(NC(=O)c3cc4ccccc4cc3OC)o2)c1. The zero-order chi connectivity index (χ0) is 21.1. The van der Waals surface area contributed by atoms with Crippen LogP contribution < -0.4 is 19.5 Å². The summed E-state index contributed by atoms with van der Waals surface area (Å²) in [4.78, 5) is 12.8. The van der Waals surface area contributed by atoms with E-state index in [0.717, 1.165) is 10.8 Å². The predicted molar refractivity (Wildman–Crippen MR) is 111 cm³/mol. The smallest absolute Gasteiger partial charge is 0.322 e. The first-order valence-electron chi connectivity index (χ1n) is 9.06. The Labute approximate surface area is 172 Å². The van der Waals surface area contributed by atoms with E-state index in [9.17, 15) is 4.79 Å². The summed E-state index contributed by atoms with van der Waals surface area (Å²) < 4.78 is 21.5. The Balaban J connectivity index is 1.61. The van der Waals surface area contributed by atoms with Crippen LogP contribution in [0.15, 0.2) is 59.0 Å². The molecule has 30 heavy (non-hydrogen) atoms. The van der Waals surface area contributed by atoms with Crippen LogP contribution in [-0.4, -0.2) is 37.4 Å². The summed E-state index contributed by atoms with van der Waals surface area (Å²) in [5.74, 6) is 1.40. The average molecular weight is 405 g/mol. The van der Waals surface area contributed by atoms with E-state index in [1.807, 2.05) is 30.3 Å². The van der Waals surface area contributed by atoms with E-state index in [1.54, 1.807) is 38.5 Å². The van der Waals surface area contributed by atoms with Gasteiger partial charge in [-0.15, -0.1) is 5.10 Å². The number of hydrogen-bond donors (Lipinski definition) is 1. The Morgan fingerprint density at radius 1 is 0.867 bits per heavy atom. The first kappa shape index (κ1) is 19.3. The van der Waals surface area contributed by atoms with Gasteiger partial charge in [0.05, 0.1) is 26.9 Å². The van der Waals surface area contributed by atoms with Crippen molar-refractivity contribution in [2.75, 3.05) is 26.6 Å². The molecule has 8 nitrogen and oxygen atoms in total. The van der Waals surface area contributed by atoms with E-state index < -0.39 is 5.91 Å². The number of methoxy groups -OCH3 is 3. The number of aromatic nitrogens is 2. The Hall–Kier alpha value is -4.07. The largest absolute Gasteiger partial charge is 0.497 e. The van der Waals surface area contributed by atoms with Gasteiger partial charge >= 0.3 is 6.01 Å². The summed E-state index contributed by atoms with van der Waals surface area (Å²) in [7, 11) is 4.62. The van der Waals surface area contributed by atoms with Crippen LogP contribution in [0, 0.1) is 0 Å². The van der Waals surface area contributed by atoms with Gasteiger partial charge in [0.1, 0.15) is 17.2 Å². The van der Waals surface area contributed by atoms with Crippen LogP contribution in [0.2, 0.25) is 0 Å². The van der Waals surface area contributed by atoms with Gasteiger partial charge in [-0.2, -0.15) is 0 Å². The zero-order valence-corrected chi connectivity index (χ0v) is 16.6. The lowest BCUT2D eigenvalue weighted by atomic mass is 10.1. The number of carbonyl (C=O) groups is 1. The molecule has 0 saturated carbocycles. The number of rotatable bonds is 6. The molecule has 4 rings (SSSR count). The molecular formula is C22H19N3O5. The van der Waals surface area contributed by atoms with Crippen molar-refractivity contribution in [3.8, 4) is 28.7 Å². The van der Waals surface area contributed by atoms with E-state index in [0.29, 0.717) is 28.4 Å². The van der Waals surface area contributed by atoms with Crippen molar-refractivity contribution in [2.45, 2.75) is 0 Å². The molecule has 4 aromatic rings. The monoisotopic (exact) mass is 405 g/mol. The van der Waals surface area contributed by atoms with E-state index >= 15 is 0 Å². The molecular weight excluding hydrogens is 386 g/mol. The molecule has 1 aromatic heterocycles. The van der Waals surface area contributed by atoms with Crippen LogP contribution in [0.3, 0.4) is 0 Å². The van der Waals surface area contributed by atoms with E-state index in [-0.39, 0.29) is 11.9 Å². The Morgan fingerprint density at radius 2 is 1.53 bits per heavy atom. The number of amides is 1. The van der Waals surface area contributed by atoms with Gasteiger partial charge < -0.3 is 18.6 Å². The second kappa shape index (κ2) is 8.12. The zero-order valence-electron chi connectivity index (χ0n) is 16.6. The van der Waals surface area contributed by atoms with Crippen molar-refractivity contribution >= 4 is 22.7 Å². The van der Waals surface area contributed by atoms with Crippen molar-refractivity contribution in [1.82, 2.24) is 10.2 Å². The van der Waals surface area contributed by atoms with Gasteiger partial charge in [-0.05, 0) is 35.0 Å². The topological polar surface area (TPSA) is 95.7 Å². The fourth-order valence-corrected chi connectivity index (χ4v) is 3.05. The summed E-state index contributed by atoms with van der Waals surface area (Å²) in [6, 6.07) is 16.4. The van der Waals surface area contributed by atoms with Crippen LogP contribution in [0.4, 0.5) is 6.01 Å². The van der Waals surface area contributed by atoms with E-state index in [4.69, 9.17) is 18.6 Å². The molecule has 0 fully saturated rings. The molecule has 0 saturated heterocycles. The highest BCUT2D eigenvalue weighted by atomic mass is 16.5. The third kappa shape index (κ3) is 3.75. The van der Waals surface area contributed by atoms with Crippen molar-refractivity contribution in [3.63, 3.8) is 0 Å².